The highest BCUT2D eigenvalue weighted by Gasteiger charge is 2.26. The number of rotatable bonds is 7. The van der Waals surface area contributed by atoms with Gasteiger partial charge in [0.1, 0.15) is 11.8 Å². The van der Waals surface area contributed by atoms with E-state index in [1.54, 1.807) is 62.9 Å². The Morgan fingerprint density at radius 2 is 1.96 bits per heavy atom. The molecule has 1 atom stereocenters. The van der Waals surface area contributed by atoms with Gasteiger partial charge in [-0.1, -0.05) is 0 Å². The first-order chi connectivity index (χ1) is 11.0. The van der Waals surface area contributed by atoms with E-state index >= 15 is 0 Å². The van der Waals surface area contributed by atoms with Gasteiger partial charge in [-0.15, -0.1) is 0 Å². The van der Waals surface area contributed by atoms with Crippen LogP contribution in [0.1, 0.15) is 16.8 Å². The van der Waals surface area contributed by atoms with Gasteiger partial charge in [0.15, 0.2) is 5.78 Å². The van der Waals surface area contributed by atoms with Gasteiger partial charge in [0, 0.05) is 25.2 Å². The fourth-order valence-electron chi connectivity index (χ4n) is 2.20. The van der Waals surface area contributed by atoms with Crippen LogP contribution in [0.15, 0.2) is 48.8 Å². The number of hydrogen-bond donors (Lipinski definition) is 1. The molecule has 0 spiro atoms. The van der Waals surface area contributed by atoms with E-state index in [0.29, 0.717) is 17.0 Å². The number of nitrogens with zero attached hydrogens (tertiary/aromatic N) is 2. The van der Waals surface area contributed by atoms with Gasteiger partial charge in [-0.3, -0.25) is 9.78 Å². The minimum absolute atomic E-state index is 0.132. The Morgan fingerprint density at radius 1 is 1.26 bits per heavy atom. The van der Waals surface area contributed by atoms with E-state index in [2.05, 4.69) is 4.98 Å². The van der Waals surface area contributed by atoms with E-state index in [1.807, 2.05) is 0 Å². The fourth-order valence-corrected chi connectivity index (χ4v) is 2.20. The highest BCUT2D eigenvalue weighted by molar-refractivity contribution is 5.99. The highest BCUT2D eigenvalue weighted by atomic mass is 16.5. The monoisotopic (exact) mass is 314 g/mol. The molecular formula is C17H18N2O4. The molecule has 2 rings (SSSR count). The van der Waals surface area contributed by atoms with Crippen LogP contribution in [0, 0.1) is 0 Å². The number of ketones is 1. The Labute approximate surface area is 134 Å². The van der Waals surface area contributed by atoms with Crippen LogP contribution >= 0.6 is 0 Å². The van der Waals surface area contributed by atoms with Gasteiger partial charge in [-0.05, 0) is 36.4 Å². The van der Waals surface area contributed by atoms with E-state index in [1.165, 1.54) is 4.90 Å². The average Bonchev–Trinajstić information content (AvgIpc) is 2.59. The first-order valence-corrected chi connectivity index (χ1v) is 7.06. The maximum atomic E-state index is 12.3. The molecule has 0 fully saturated rings. The predicted octanol–water partition coefficient (Wildman–Crippen LogP) is 2.25. The molecule has 1 heterocycles. The minimum Gasteiger partial charge on any atom is -0.497 e. The molecule has 0 radical (unpaired) electrons. The van der Waals surface area contributed by atoms with Gasteiger partial charge in [0.25, 0.3) is 0 Å². The third-order valence-electron chi connectivity index (χ3n) is 3.60. The van der Waals surface area contributed by atoms with Crippen LogP contribution in [-0.2, 0) is 4.79 Å². The number of carbonyl (C=O) groups excluding carboxylic acids is 1. The maximum Gasteiger partial charge on any atom is 0.326 e. The number of anilines is 1. The zero-order chi connectivity index (χ0) is 16.8. The summed E-state index contributed by atoms with van der Waals surface area (Å²) in [5.41, 5.74) is 1.10. The van der Waals surface area contributed by atoms with E-state index in [-0.39, 0.29) is 12.2 Å². The summed E-state index contributed by atoms with van der Waals surface area (Å²) in [5.74, 6) is -0.655. The van der Waals surface area contributed by atoms with Crippen LogP contribution in [0.3, 0.4) is 0 Å². The van der Waals surface area contributed by atoms with Crippen molar-refractivity contribution in [3.63, 3.8) is 0 Å². The zero-order valence-corrected chi connectivity index (χ0v) is 13.0. The molecule has 6 heteroatoms. The van der Waals surface area contributed by atoms with Gasteiger partial charge in [0.05, 0.1) is 19.0 Å². The average molecular weight is 314 g/mol. The lowest BCUT2D eigenvalue weighted by Gasteiger charge is -2.26. The van der Waals surface area contributed by atoms with Crippen molar-refractivity contribution in [2.75, 3.05) is 19.1 Å². The summed E-state index contributed by atoms with van der Waals surface area (Å²) in [6, 6.07) is 9.11. The number of benzene rings is 1. The van der Waals surface area contributed by atoms with Crippen molar-refractivity contribution in [3.8, 4) is 5.75 Å². The Bertz CT molecular complexity index is 671. The van der Waals surface area contributed by atoms with Crippen molar-refractivity contribution < 1.29 is 19.4 Å². The summed E-state index contributed by atoms with van der Waals surface area (Å²) in [4.78, 5) is 29.4. The number of aliphatic carboxylic acids is 1. The van der Waals surface area contributed by atoms with Crippen LogP contribution in [0.2, 0.25) is 0 Å². The molecule has 1 aromatic heterocycles. The summed E-state index contributed by atoms with van der Waals surface area (Å²) >= 11 is 0. The van der Waals surface area contributed by atoms with Crippen LogP contribution in [0.4, 0.5) is 5.69 Å². The number of likely N-dealkylation sites (N-methyl/N-ethyl adjacent to an activating group) is 1. The standard InChI is InChI=1S/C17H18N2O4/c1-19(13-4-3-9-18-11-13)15(17(21)22)10-16(20)12-5-7-14(23-2)8-6-12/h3-9,11,15H,10H2,1-2H3,(H,21,22). The second kappa shape index (κ2) is 7.40. The fraction of sp³-hybridized carbons (Fsp3) is 0.235. The molecule has 120 valence electrons. The maximum absolute atomic E-state index is 12.3. The number of hydrogen-bond acceptors (Lipinski definition) is 5. The van der Waals surface area contributed by atoms with Gasteiger partial charge in [-0.2, -0.15) is 0 Å². The van der Waals surface area contributed by atoms with Crippen LogP contribution in [-0.4, -0.2) is 42.0 Å². The molecule has 0 saturated carbocycles. The molecule has 23 heavy (non-hydrogen) atoms. The molecule has 0 aliphatic heterocycles. The molecule has 1 N–H and O–H groups in total. The lowest BCUT2D eigenvalue weighted by Crippen LogP contribution is -2.40. The Kier molecular flexibility index (Phi) is 5.30. The minimum atomic E-state index is -1.06. The first kappa shape index (κ1) is 16.5. The number of carboxylic acid groups (broad SMARTS) is 1. The molecule has 0 bridgehead atoms. The number of carboxylic acids is 1. The van der Waals surface area contributed by atoms with E-state index < -0.39 is 12.0 Å². The number of ether oxygens (including phenoxy) is 1. The van der Waals surface area contributed by atoms with E-state index in [9.17, 15) is 14.7 Å². The van der Waals surface area contributed by atoms with Crippen LogP contribution in [0.5, 0.6) is 5.75 Å². The van der Waals surface area contributed by atoms with Gasteiger partial charge in [-0.25, -0.2) is 4.79 Å². The molecule has 0 aliphatic carbocycles. The smallest absolute Gasteiger partial charge is 0.326 e. The van der Waals surface area contributed by atoms with Crippen molar-refractivity contribution in [1.29, 1.82) is 0 Å². The van der Waals surface area contributed by atoms with Gasteiger partial charge < -0.3 is 14.7 Å². The normalized spacial score (nSPS) is 11.6. The summed E-state index contributed by atoms with van der Waals surface area (Å²) in [6.07, 6.45) is 3.04. The summed E-state index contributed by atoms with van der Waals surface area (Å²) in [6.45, 7) is 0. The quantitative estimate of drug-likeness (QED) is 0.790. The second-order valence-corrected chi connectivity index (χ2v) is 5.03. The van der Waals surface area contributed by atoms with Crippen molar-refractivity contribution in [2.45, 2.75) is 12.5 Å². The first-order valence-electron chi connectivity index (χ1n) is 7.06. The van der Waals surface area contributed by atoms with Crippen LogP contribution in [0.25, 0.3) is 0 Å². The van der Waals surface area contributed by atoms with Gasteiger partial charge in [0.2, 0.25) is 0 Å². The summed E-state index contributed by atoms with van der Waals surface area (Å²) in [5, 5.41) is 9.45. The largest absolute Gasteiger partial charge is 0.497 e. The molecule has 0 saturated heterocycles. The van der Waals surface area contributed by atoms with Crippen molar-refractivity contribution in [2.24, 2.45) is 0 Å². The second-order valence-electron chi connectivity index (χ2n) is 5.03. The molecule has 0 amide bonds. The third kappa shape index (κ3) is 4.06. The number of pyridine rings is 1. The predicted molar refractivity (Wildman–Crippen MR) is 86.0 cm³/mol. The molecular weight excluding hydrogens is 296 g/mol. The molecule has 1 unspecified atom stereocenters. The Hall–Kier alpha value is -2.89. The topological polar surface area (TPSA) is 79.7 Å². The Balaban J connectivity index is 2.15. The summed E-state index contributed by atoms with van der Waals surface area (Å²) in [7, 11) is 3.18. The number of aromatic nitrogens is 1. The number of methoxy groups -OCH3 is 1. The van der Waals surface area contributed by atoms with Crippen LogP contribution < -0.4 is 9.64 Å². The molecule has 2 aromatic rings. The highest BCUT2D eigenvalue weighted by Crippen LogP contribution is 2.18. The lowest BCUT2D eigenvalue weighted by atomic mass is 10.0. The molecule has 0 aliphatic rings. The Morgan fingerprint density at radius 3 is 2.48 bits per heavy atom. The molecule has 6 nitrogen and oxygen atoms in total. The SMILES string of the molecule is COc1ccc(C(=O)CC(C(=O)O)N(C)c2cccnc2)cc1. The van der Waals surface area contributed by atoms with Crippen molar-refractivity contribution in [3.05, 3.63) is 54.4 Å². The van der Waals surface area contributed by atoms with E-state index in [4.69, 9.17) is 4.74 Å². The zero-order valence-electron chi connectivity index (χ0n) is 13.0. The van der Waals surface area contributed by atoms with Gasteiger partial charge >= 0.3 is 5.97 Å². The summed E-state index contributed by atoms with van der Waals surface area (Å²) < 4.78 is 5.04. The number of Topliss-reactive ketones (excluding diaryl/α,β-unsaturated/α-hetero) is 1. The molecule has 1 aromatic carbocycles. The van der Waals surface area contributed by atoms with Crippen molar-refractivity contribution in [1.82, 2.24) is 4.98 Å². The number of carbonyl (C=O) groups is 2. The van der Waals surface area contributed by atoms with E-state index in [0.717, 1.165) is 0 Å². The lowest BCUT2D eigenvalue weighted by molar-refractivity contribution is -0.138. The van der Waals surface area contributed by atoms with Crippen molar-refractivity contribution >= 4 is 17.4 Å². The third-order valence-corrected chi connectivity index (χ3v) is 3.60.